The van der Waals surface area contributed by atoms with Crippen LogP contribution in [0.5, 0.6) is 0 Å². The molecule has 9 nitrogen and oxygen atoms in total. The topological polar surface area (TPSA) is 114 Å². The van der Waals surface area contributed by atoms with E-state index in [0.29, 0.717) is 25.4 Å². The number of aromatic nitrogens is 1. The van der Waals surface area contributed by atoms with Gasteiger partial charge >= 0.3 is 6.09 Å². The van der Waals surface area contributed by atoms with E-state index in [9.17, 15) is 14.5 Å². The lowest BCUT2D eigenvalue weighted by molar-refractivity contribution is 0.0183. The van der Waals surface area contributed by atoms with E-state index in [2.05, 4.69) is 21.5 Å². The van der Waals surface area contributed by atoms with Gasteiger partial charge in [0.25, 0.3) is 5.91 Å². The van der Waals surface area contributed by atoms with Crippen LogP contribution in [0.1, 0.15) is 67.8 Å². The first-order valence-electron chi connectivity index (χ1n) is 13.5. The number of rotatable bonds is 6. The predicted molar refractivity (Wildman–Crippen MR) is 147 cm³/mol. The van der Waals surface area contributed by atoms with Crippen molar-refractivity contribution in [3.63, 3.8) is 0 Å². The summed E-state index contributed by atoms with van der Waals surface area (Å²) in [4.78, 5) is 42.5. The third kappa shape index (κ3) is 6.02. The molecule has 9 heteroatoms. The van der Waals surface area contributed by atoms with Gasteiger partial charge in [-0.3, -0.25) is 9.78 Å². The summed E-state index contributed by atoms with van der Waals surface area (Å²) in [6.07, 6.45) is 6.18. The highest BCUT2D eigenvalue weighted by molar-refractivity contribution is 5.95. The van der Waals surface area contributed by atoms with Gasteiger partial charge in [0.2, 0.25) is 0 Å². The first-order chi connectivity index (χ1) is 18.7. The number of nitrogens with zero attached hydrogens (tertiary/aromatic N) is 3. The summed E-state index contributed by atoms with van der Waals surface area (Å²) in [6, 6.07) is 11.2. The van der Waals surface area contributed by atoms with Crippen LogP contribution >= 0.6 is 0 Å². The van der Waals surface area contributed by atoms with Crippen molar-refractivity contribution in [2.24, 2.45) is 11.1 Å². The number of fused-ring (bicyclic) bond motifs is 1. The molecule has 1 atom stereocenters. The maximum absolute atomic E-state index is 13.2. The third-order valence-electron chi connectivity index (χ3n) is 7.34. The van der Waals surface area contributed by atoms with Crippen molar-refractivity contribution < 1.29 is 18.7 Å². The second-order valence-electron chi connectivity index (χ2n) is 11.3. The van der Waals surface area contributed by atoms with Crippen LogP contribution < -0.4 is 5.32 Å². The largest absolute Gasteiger partial charge is 0.450 e. The number of nitrogens with one attached hydrogen (secondary N) is 1. The molecule has 1 aromatic carbocycles. The number of amides is 2. The SMILES string of the molecule is CC(C)(C)OC(=O)N1CCC(CNC(=O)c2cc(-c3ccc4c(c3)CCC4N=O)c(-c3ccncc3)o2)CC1. The van der Waals surface area contributed by atoms with Crippen molar-refractivity contribution in [3.8, 4) is 22.5 Å². The van der Waals surface area contributed by atoms with E-state index in [-0.39, 0.29) is 29.7 Å². The average Bonchev–Trinajstić information content (AvgIpc) is 3.56. The van der Waals surface area contributed by atoms with Gasteiger partial charge in [-0.25, -0.2) is 4.79 Å². The standard InChI is InChI=1S/C30H34N4O5/c1-30(2,3)39-29(36)34-14-10-19(11-15-34)18-32-28(35)26-17-24(27(38-26)20-8-12-31-13-9-20)22-4-6-23-21(16-22)5-7-25(23)33-37/h4,6,8-9,12-13,16-17,19,25H,5,7,10-11,14-15,18H2,1-3H3,(H,32,35). The Bertz CT molecular complexity index is 1350. The lowest BCUT2D eigenvalue weighted by Gasteiger charge is -2.33. The molecule has 5 rings (SSSR count). The highest BCUT2D eigenvalue weighted by atomic mass is 16.6. The Morgan fingerprint density at radius 3 is 2.51 bits per heavy atom. The normalized spacial score (nSPS) is 17.5. The Morgan fingerprint density at radius 2 is 1.82 bits per heavy atom. The van der Waals surface area contributed by atoms with Gasteiger partial charge in [-0.05, 0) is 87.3 Å². The summed E-state index contributed by atoms with van der Waals surface area (Å²) >= 11 is 0. The van der Waals surface area contributed by atoms with Crippen LogP contribution in [-0.2, 0) is 11.2 Å². The van der Waals surface area contributed by atoms with E-state index in [1.54, 1.807) is 23.4 Å². The van der Waals surface area contributed by atoms with Crippen LogP contribution in [0.15, 0.2) is 58.4 Å². The maximum Gasteiger partial charge on any atom is 0.410 e. The monoisotopic (exact) mass is 530 g/mol. The lowest BCUT2D eigenvalue weighted by atomic mass is 9.97. The van der Waals surface area contributed by atoms with Crippen molar-refractivity contribution in [2.75, 3.05) is 19.6 Å². The molecule has 1 unspecified atom stereocenters. The number of benzene rings is 1. The molecule has 0 saturated carbocycles. The minimum atomic E-state index is -0.520. The summed E-state index contributed by atoms with van der Waals surface area (Å²) in [7, 11) is 0. The van der Waals surface area contributed by atoms with Gasteiger partial charge in [0.1, 0.15) is 17.4 Å². The van der Waals surface area contributed by atoms with Crippen LogP contribution in [0.4, 0.5) is 4.79 Å². The number of hydrogen-bond acceptors (Lipinski definition) is 7. The Balaban J connectivity index is 1.28. The number of carbonyl (C=O) groups excluding carboxylic acids is 2. The number of hydrogen-bond donors (Lipinski definition) is 1. The zero-order valence-electron chi connectivity index (χ0n) is 22.6. The molecule has 2 aliphatic rings. The first kappa shape index (κ1) is 26.6. The van der Waals surface area contributed by atoms with Gasteiger partial charge in [0.05, 0.1) is 0 Å². The Hall–Kier alpha value is -4.01. The number of nitroso groups, excluding NO2 is 1. The number of piperidine rings is 1. The van der Waals surface area contributed by atoms with E-state index in [1.165, 1.54) is 0 Å². The molecule has 3 aromatic rings. The number of pyridine rings is 1. The van der Waals surface area contributed by atoms with Gasteiger partial charge in [-0.2, -0.15) is 4.91 Å². The number of likely N-dealkylation sites (tertiary alicyclic amines) is 1. The van der Waals surface area contributed by atoms with E-state index >= 15 is 0 Å². The molecule has 1 aliphatic carbocycles. The molecule has 0 radical (unpaired) electrons. The van der Waals surface area contributed by atoms with E-state index < -0.39 is 5.60 Å². The Morgan fingerprint density at radius 1 is 1.08 bits per heavy atom. The second-order valence-corrected chi connectivity index (χ2v) is 11.3. The third-order valence-corrected chi connectivity index (χ3v) is 7.34. The molecular weight excluding hydrogens is 496 g/mol. The fourth-order valence-electron chi connectivity index (χ4n) is 5.28. The average molecular weight is 531 g/mol. The predicted octanol–water partition coefficient (Wildman–Crippen LogP) is 6.14. The molecule has 1 N–H and O–H groups in total. The Kier molecular flexibility index (Phi) is 7.50. The van der Waals surface area contributed by atoms with Gasteiger partial charge in [-0.15, -0.1) is 0 Å². The van der Waals surface area contributed by atoms with Crippen LogP contribution in [0.2, 0.25) is 0 Å². The summed E-state index contributed by atoms with van der Waals surface area (Å²) in [5.74, 6) is 0.808. The van der Waals surface area contributed by atoms with E-state index in [4.69, 9.17) is 9.15 Å². The van der Waals surface area contributed by atoms with Crippen molar-refractivity contribution in [1.82, 2.24) is 15.2 Å². The summed E-state index contributed by atoms with van der Waals surface area (Å²) < 4.78 is 11.6. The molecule has 1 saturated heterocycles. The molecule has 204 valence electrons. The summed E-state index contributed by atoms with van der Waals surface area (Å²) in [5.41, 5.74) is 4.10. The molecular formula is C30H34N4O5. The molecule has 1 aliphatic heterocycles. The minimum absolute atomic E-state index is 0.232. The zero-order valence-corrected chi connectivity index (χ0v) is 22.6. The molecule has 3 heterocycles. The number of aryl methyl sites for hydroxylation is 1. The second kappa shape index (κ2) is 11.0. The Labute approximate surface area is 227 Å². The molecule has 1 fully saturated rings. The number of furan rings is 1. The van der Waals surface area contributed by atoms with Crippen molar-refractivity contribution >= 4 is 12.0 Å². The fraction of sp³-hybridized carbons (Fsp3) is 0.433. The van der Waals surface area contributed by atoms with Crippen molar-refractivity contribution in [1.29, 1.82) is 0 Å². The molecule has 2 aromatic heterocycles. The quantitative estimate of drug-likeness (QED) is 0.383. The van der Waals surface area contributed by atoms with Gasteiger partial charge in [0.15, 0.2) is 5.76 Å². The molecule has 0 bridgehead atoms. The van der Waals surface area contributed by atoms with Gasteiger partial charge < -0.3 is 19.4 Å². The molecule has 0 spiro atoms. The van der Waals surface area contributed by atoms with Crippen LogP contribution in [-0.4, -0.2) is 47.1 Å². The zero-order chi connectivity index (χ0) is 27.6. The van der Waals surface area contributed by atoms with Gasteiger partial charge in [0, 0.05) is 43.2 Å². The van der Waals surface area contributed by atoms with Crippen LogP contribution in [0.3, 0.4) is 0 Å². The summed E-state index contributed by atoms with van der Waals surface area (Å²) in [5, 5.41) is 6.28. The van der Waals surface area contributed by atoms with Crippen molar-refractivity contribution in [3.05, 3.63) is 70.6 Å². The van der Waals surface area contributed by atoms with E-state index in [0.717, 1.165) is 53.5 Å². The fourth-order valence-corrected chi connectivity index (χ4v) is 5.28. The number of carbonyl (C=O) groups is 2. The summed E-state index contributed by atoms with van der Waals surface area (Å²) in [6.45, 7) is 7.28. The minimum Gasteiger partial charge on any atom is -0.450 e. The maximum atomic E-state index is 13.2. The van der Waals surface area contributed by atoms with Crippen molar-refractivity contribution in [2.45, 2.75) is 58.1 Å². The lowest BCUT2D eigenvalue weighted by Crippen LogP contribution is -2.43. The highest BCUT2D eigenvalue weighted by Gasteiger charge is 2.28. The first-order valence-corrected chi connectivity index (χ1v) is 13.5. The van der Waals surface area contributed by atoms with E-state index in [1.807, 2.05) is 45.0 Å². The molecule has 2 amide bonds. The van der Waals surface area contributed by atoms with Crippen LogP contribution in [0, 0.1) is 10.8 Å². The highest BCUT2D eigenvalue weighted by Crippen LogP contribution is 2.40. The van der Waals surface area contributed by atoms with Crippen LogP contribution in [0.25, 0.3) is 22.5 Å². The molecule has 39 heavy (non-hydrogen) atoms. The smallest absolute Gasteiger partial charge is 0.410 e. The van der Waals surface area contributed by atoms with Gasteiger partial charge in [-0.1, -0.05) is 23.4 Å². The number of ether oxygens (including phenoxy) is 1.